The molecule has 0 radical (unpaired) electrons. The highest BCUT2D eigenvalue weighted by atomic mass is 32.2. The molecule has 0 saturated heterocycles. The lowest BCUT2D eigenvalue weighted by Crippen LogP contribution is -2.12. The van der Waals surface area contributed by atoms with Crippen molar-refractivity contribution in [2.75, 3.05) is 12.9 Å². The number of hydrogen-bond acceptors (Lipinski definition) is 6. The van der Waals surface area contributed by atoms with Crippen molar-refractivity contribution in [1.82, 2.24) is 0 Å². The number of ether oxygens (including phenoxy) is 2. The second kappa shape index (κ2) is 7.83. The summed E-state index contributed by atoms with van der Waals surface area (Å²) in [6, 6.07) is 10.1. The number of thioether (sulfide) groups is 1. The first-order valence-corrected chi connectivity index (χ1v) is 8.12. The number of esters is 1. The zero-order valence-electron chi connectivity index (χ0n) is 13.6. The van der Waals surface area contributed by atoms with Crippen molar-refractivity contribution < 1.29 is 19.2 Å². The molecule has 0 amide bonds. The minimum Gasteiger partial charge on any atom is -0.496 e. The Balaban J connectivity index is 2.07. The number of aryl methyl sites for hydroxylation is 2. The second-order valence-electron chi connectivity index (χ2n) is 5.12. The number of benzene rings is 2. The van der Waals surface area contributed by atoms with Gasteiger partial charge in [0.15, 0.2) is 0 Å². The van der Waals surface area contributed by atoms with E-state index in [1.807, 2.05) is 32.0 Å². The van der Waals surface area contributed by atoms with Crippen LogP contribution < -0.4 is 9.47 Å². The smallest absolute Gasteiger partial charge is 0.321 e. The highest BCUT2D eigenvalue weighted by Crippen LogP contribution is 2.31. The van der Waals surface area contributed by atoms with Crippen LogP contribution in [0.5, 0.6) is 11.5 Å². The van der Waals surface area contributed by atoms with Gasteiger partial charge >= 0.3 is 11.7 Å². The van der Waals surface area contributed by atoms with Gasteiger partial charge in [-0.3, -0.25) is 14.9 Å². The Hall–Kier alpha value is -2.54. The third kappa shape index (κ3) is 4.48. The standard InChI is InChI=1S/C17H17NO5S/c1-11-4-5-12(2)16(8-11)24-10-17(19)23-15-7-6-13(22-3)9-14(15)18(20)21/h4-9H,10H2,1-3H3. The first kappa shape index (κ1) is 17.8. The van der Waals surface area contributed by atoms with Gasteiger partial charge < -0.3 is 9.47 Å². The lowest BCUT2D eigenvalue weighted by molar-refractivity contribution is -0.385. The largest absolute Gasteiger partial charge is 0.496 e. The van der Waals surface area contributed by atoms with E-state index < -0.39 is 10.9 Å². The molecule has 0 aliphatic carbocycles. The first-order valence-electron chi connectivity index (χ1n) is 7.14. The van der Waals surface area contributed by atoms with Gasteiger partial charge in [0.25, 0.3) is 0 Å². The van der Waals surface area contributed by atoms with E-state index in [4.69, 9.17) is 9.47 Å². The van der Waals surface area contributed by atoms with Crippen LogP contribution in [-0.4, -0.2) is 23.8 Å². The van der Waals surface area contributed by atoms with Gasteiger partial charge in [0.1, 0.15) is 5.75 Å². The summed E-state index contributed by atoms with van der Waals surface area (Å²) in [6.45, 7) is 3.93. The average molecular weight is 347 g/mol. The van der Waals surface area contributed by atoms with Crippen LogP contribution in [0.3, 0.4) is 0 Å². The number of carbonyl (C=O) groups excluding carboxylic acids is 1. The van der Waals surface area contributed by atoms with Gasteiger partial charge in [0.05, 0.1) is 23.9 Å². The first-order chi connectivity index (χ1) is 11.4. The van der Waals surface area contributed by atoms with Crippen molar-refractivity contribution in [3.8, 4) is 11.5 Å². The molecule has 0 fully saturated rings. The molecule has 6 nitrogen and oxygen atoms in total. The van der Waals surface area contributed by atoms with Gasteiger partial charge in [0.2, 0.25) is 5.75 Å². The number of methoxy groups -OCH3 is 1. The van der Waals surface area contributed by atoms with Crippen LogP contribution in [0.2, 0.25) is 0 Å². The zero-order chi connectivity index (χ0) is 17.7. The number of nitrogens with zero attached hydrogens (tertiary/aromatic N) is 1. The van der Waals surface area contributed by atoms with Crippen molar-refractivity contribution in [2.24, 2.45) is 0 Å². The number of rotatable bonds is 6. The molecule has 126 valence electrons. The molecule has 0 aromatic heterocycles. The van der Waals surface area contributed by atoms with Crippen molar-refractivity contribution in [1.29, 1.82) is 0 Å². The lowest BCUT2D eigenvalue weighted by Gasteiger charge is -2.08. The molecule has 2 aromatic carbocycles. The number of nitro benzene ring substituents is 1. The summed E-state index contributed by atoms with van der Waals surface area (Å²) in [5.74, 6) is -0.249. The van der Waals surface area contributed by atoms with Crippen molar-refractivity contribution in [3.05, 3.63) is 57.6 Å². The summed E-state index contributed by atoms with van der Waals surface area (Å²) < 4.78 is 10.1. The van der Waals surface area contributed by atoms with Gasteiger partial charge in [-0.2, -0.15) is 0 Å². The Morgan fingerprint density at radius 1 is 1.21 bits per heavy atom. The monoisotopic (exact) mass is 347 g/mol. The van der Waals surface area contributed by atoms with Crippen molar-refractivity contribution >= 4 is 23.4 Å². The third-order valence-electron chi connectivity index (χ3n) is 3.28. The van der Waals surface area contributed by atoms with Gasteiger partial charge in [-0.15, -0.1) is 11.8 Å². The fourth-order valence-electron chi connectivity index (χ4n) is 2.00. The maximum absolute atomic E-state index is 12.0. The predicted molar refractivity (Wildman–Crippen MR) is 91.9 cm³/mol. The fourth-order valence-corrected chi connectivity index (χ4v) is 2.90. The summed E-state index contributed by atoms with van der Waals surface area (Å²) in [7, 11) is 1.41. The number of hydrogen-bond donors (Lipinski definition) is 0. The predicted octanol–water partition coefficient (Wildman–Crippen LogP) is 3.92. The molecule has 0 heterocycles. The Labute approximate surface area is 143 Å². The number of carbonyl (C=O) groups is 1. The maximum Gasteiger partial charge on any atom is 0.321 e. The van der Waals surface area contributed by atoms with Crippen LogP contribution in [-0.2, 0) is 4.79 Å². The average Bonchev–Trinajstić information content (AvgIpc) is 2.55. The Morgan fingerprint density at radius 2 is 1.96 bits per heavy atom. The molecule has 0 saturated carbocycles. The molecule has 2 aromatic rings. The summed E-state index contributed by atoms with van der Waals surface area (Å²) in [4.78, 5) is 23.5. The molecule has 0 aliphatic rings. The lowest BCUT2D eigenvalue weighted by atomic mass is 10.2. The van der Waals surface area contributed by atoms with Gasteiger partial charge in [-0.25, -0.2) is 0 Å². The molecule has 0 aliphatic heterocycles. The Bertz CT molecular complexity index is 776. The zero-order valence-corrected chi connectivity index (χ0v) is 14.4. The Morgan fingerprint density at radius 3 is 2.62 bits per heavy atom. The van der Waals surface area contributed by atoms with Crippen LogP contribution in [0.1, 0.15) is 11.1 Å². The quantitative estimate of drug-likeness (QED) is 0.259. The van der Waals surface area contributed by atoms with Gasteiger partial charge in [-0.05, 0) is 37.6 Å². The minimum absolute atomic E-state index is 0.0630. The van der Waals surface area contributed by atoms with Crippen molar-refractivity contribution in [3.63, 3.8) is 0 Å². The molecule has 0 bridgehead atoms. The fraction of sp³-hybridized carbons (Fsp3) is 0.235. The molecule has 0 spiro atoms. The summed E-state index contributed by atoms with van der Waals surface area (Å²) in [5, 5.41) is 11.1. The van der Waals surface area contributed by atoms with E-state index in [0.717, 1.165) is 16.0 Å². The molecular weight excluding hydrogens is 330 g/mol. The summed E-state index contributed by atoms with van der Waals surface area (Å²) in [6.07, 6.45) is 0. The maximum atomic E-state index is 12.0. The SMILES string of the molecule is COc1ccc(OC(=O)CSc2cc(C)ccc2C)c([N+](=O)[O-])c1. The molecular formula is C17H17NO5S. The normalized spacial score (nSPS) is 10.3. The van der Waals surface area contributed by atoms with E-state index >= 15 is 0 Å². The third-order valence-corrected chi connectivity index (χ3v) is 4.41. The van der Waals surface area contributed by atoms with E-state index in [1.165, 1.54) is 37.1 Å². The summed E-state index contributed by atoms with van der Waals surface area (Å²) >= 11 is 1.34. The molecule has 0 atom stereocenters. The number of nitro groups is 1. The van der Waals surface area contributed by atoms with E-state index in [9.17, 15) is 14.9 Å². The Kier molecular flexibility index (Phi) is 5.81. The van der Waals surface area contributed by atoms with Crippen LogP contribution in [0, 0.1) is 24.0 Å². The highest BCUT2D eigenvalue weighted by Gasteiger charge is 2.19. The highest BCUT2D eigenvalue weighted by molar-refractivity contribution is 8.00. The van der Waals surface area contributed by atoms with Crippen LogP contribution in [0.15, 0.2) is 41.3 Å². The van der Waals surface area contributed by atoms with Crippen LogP contribution in [0.25, 0.3) is 0 Å². The van der Waals surface area contributed by atoms with E-state index in [1.54, 1.807) is 0 Å². The van der Waals surface area contributed by atoms with Gasteiger partial charge in [0, 0.05) is 4.90 Å². The summed E-state index contributed by atoms with van der Waals surface area (Å²) in [5.41, 5.74) is 1.86. The molecule has 0 N–H and O–H groups in total. The molecule has 2 rings (SSSR count). The van der Waals surface area contributed by atoms with Crippen molar-refractivity contribution in [2.45, 2.75) is 18.7 Å². The second-order valence-corrected chi connectivity index (χ2v) is 6.14. The van der Waals surface area contributed by atoms with E-state index in [-0.39, 0.29) is 17.2 Å². The van der Waals surface area contributed by atoms with E-state index in [0.29, 0.717) is 5.75 Å². The molecule has 24 heavy (non-hydrogen) atoms. The minimum atomic E-state index is -0.608. The van der Waals surface area contributed by atoms with E-state index in [2.05, 4.69) is 0 Å². The molecule has 7 heteroatoms. The van der Waals surface area contributed by atoms with Crippen LogP contribution >= 0.6 is 11.8 Å². The van der Waals surface area contributed by atoms with Gasteiger partial charge in [-0.1, -0.05) is 17.7 Å². The molecule has 0 unspecified atom stereocenters. The topological polar surface area (TPSA) is 78.7 Å². The van der Waals surface area contributed by atoms with Crippen LogP contribution in [0.4, 0.5) is 5.69 Å².